The molecule has 1 atom stereocenters. The van der Waals surface area contributed by atoms with Crippen LogP contribution in [0.3, 0.4) is 0 Å². The molecule has 0 saturated carbocycles. The van der Waals surface area contributed by atoms with E-state index in [1.807, 2.05) is 43.3 Å². The van der Waals surface area contributed by atoms with E-state index < -0.39 is 6.67 Å². The molecule has 0 unspecified atom stereocenters. The van der Waals surface area contributed by atoms with Gasteiger partial charge in [-0.2, -0.15) is 0 Å². The molecule has 3 heteroatoms. The second-order valence-electron chi connectivity index (χ2n) is 3.68. The van der Waals surface area contributed by atoms with Crippen molar-refractivity contribution in [2.45, 2.75) is 12.5 Å². The Balaban J connectivity index is 2.64. The van der Waals surface area contributed by atoms with Crippen molar-refractivity contribution in [3.05, 3.63) is 29.8 Å². The van der Waals surface area contributed by atoms with Gasteiger partial charge < -0.3 is 10.6 Å². The van der Waals surface area contributed by atoms with Gasteiger partial charge >= 0.3 is 0 Å². The summed E-state index contributed by atoms with van der Waals surface area (Å²) < 4.78 is 12.1. The highest BCUT2D eigenvalue weighted by atomic mass is 19.1. The van der Waals surface area contributed by atoms with Gasteiger partial charge in [0.05, 0.1) is 0 Å². The van der Waals surface area contributed by atoms with E-state index in [1.165, 1.54) is 0 Å². The topological polar surface area (TPSA) is 29.3 Å². The zero-order chi connectivity index (χ0) is 10.6. The third-order valence-corrected chi connectivity index (χ3v) is 2.15. The lowest BCUT2D eigenvalue weighted by Gasteiger charge is -2.13. The van der Waals surface area contributed by atoms with Gasteiger partial charge in [-0.05, 0) is 24.1 Å². The summed E-state index contributed by atoms with van der Waals surface area (Å²) in [5.41, 5.74) is 7.74. The van der Waals surface area contributed by atoms with Crippen LogP contribution in [0.1, 0.15) is 5.56 Å². The molecule has 1 aromatic carbocycles. The van der Waals surface area contributed by atoms with Gasteiger partial charge in [0.2, 0.25) is 0 Å². The van der Waals surface area contributed by atoms with Gasteiger partial charge in [0.15, 0.2) is 0 Å². The Hall–Kier alpha value is -1.09. The maximum Gasteiger partial charge on any atom is 0.105 e. The van der Waals surface area contributed by atoms with E-state index in [2.05, 4.69) is 0 Å². The van der Waals surface area contributed by atoms with Gasteiger partial charge in [0.1, 0.15) is 6.67 Å². The van der Waals surface area contributed by atoms with Crippen LogP contribution in [0.4, 0.5) is 10.1 Å². The van der Waals surface area contributed by atoms with Crippen LogP contribution in [-0.2, 0) is 6.42 Å². The van der Waals surface area contributed by atoms with Crippen LogP contribution < -0.4 is 10.6 Å². The Bertz CT molecular complexity index is 269. The molecular weight excluding hydrogens is 179 g/mol. The summed E-state index contributed by atoms with van der Waals surface area (Å²) in [5.74, 6) is 0. The monoisotopic (exact) mass is 196 g/mol. The fourth-order valence-electron chi connectivity index (χ4n) is 1.29. The summed E-state index contributed by atoms with van der Waals surface area (Å²) in [6.07, 6.45) is 0.601. The predicted molar refractivity (Wildman–Crippen MR) is 58.4 cm³/mol. The first kappa shape index (κ1) is 11.0. The molecule has 0 aliphatic heterocycles. The number of anilines is 1. The van der Waals surface area contributed by atoms with Crippen molar-refractivity contribution in [3.63, 3.8) is 0 Å². The van der Waals surface area contributed by atoms with Gasteiger partial charge in [0.25, 0.3) is 0 Å². The summed E-state index contributed by atoms with van der Waals surface area (Å²) in [6, 6.07) is 7.64. The van der Waals surface area contributed by atoms with Gasteiger partial charge in [-0.1, -0.05) is 12.1 Å². The molecule has 0 aliphatic carbocycles. The fourth-order valence-corrected chi connectivity index (χ4v) is 1.29. The van der Waals surface area contributed by atoms with Gasteiger partial charge in [0, 0.05) is 25.8 Å². The smallest absolute Gasteiger partial charge is 0.105 e. The fraction of sp³-hybridized carbons (Fsp3) is 0.455. The minimum atomic E-state index is -0.463. The second-order valence-corrected chi connectivity index (χ2v) is 3.68. The summed E-state index contributed by atoms with van der Waals surface area (Å²) in [5, 5.41) is 0. The molecule has 2 nitrogen and oxygen atoms in total. The number of hydrogen-bond donors (Lipinski definition) is 1. The van der Waals surface area contributed by atoms with Crippen molar-refractivity contribution < 1.29 is 4.39 Å². The number of halogens is 1. The van der Waals surface area contributed by atoms with E-state index >= 15 is 0 Å². The van der Waals surface area contributed by atoms with E-state index in [9.17, 15) is 4.39 Å². The van der Waals surface area contributed by atoms with E-state index in [1.54, 1.807) is 0 Å². The zero-order valence-corrected chi connectivity index (χ0v) is 8.70. The van der Waals surface area contributed by atoms with Crippen molar-refractivity contribution in [3.8, 4) is 0 Å². The van der Waals surface area contributed by atoms with Crippen molar-refractivity contribution in [1.82, 2.24) is 0 Å². The molecule has 0 heterocycles. The molecule has 78 valence electrons. The summed E-state index contributed by atoms with van der Waals surface area (Å²) in [7, 11) is 3.98. The number of rotatable bonds is 4. The lowest BCUT2D eigenvalue weighted by molar-refractivity contribution is 0.427. The Morgan fingerprint density at radius 1 is 1.29 bits per heavy atom. The molecule has 0 bridgehead atoms. The highest BCUT2D eigenvalue weighted by Crippen LogP contribution is 2.13. The summed E-state index contributed by atoms with van der Waals surface area (Å²) in [4.78, 5) is 2.03. The van der Waals surface area contributed by atoms with E-state index in [0.717, 1.165) is 11.3 Å². The van der Waals surface area contributed by atoms with E-state index in [-0.39, 0.29) is 6.04 Å². The molecule has 1 aromatic rings. The third kappa shape index (κ3) is 3.00. The molecule has 2 N–H and O–H groups in total. The predicted octanol–water partition coefficient (Wildman–Crippen LogP) is 1.59. The van der Waals surface area contributed by atoms with E-state index in [0.29, 0.717) is 6.42 Å². The number of hydrogen-bond acceptors (Lipinski definition) is 2. The molecule has 0 aliphatic rings. The first-order chi connectivity index (χ1) is 6.63. The van der Waals surface area contributed by atoms with Crippen LogP contribution in [0, 0.1) is 0 Å². The van der Waals surface area contributed by atoms with Crippen LogP contribution in [0.2, 0.25) is 0 Å². The minimum absolute atomic E-state index is 0.375. The van der Waals surface area contributed by atoms with Crippen LogP contribution in [0.5, 0.6) is 0 Å². The Morgan fingerprint density at radius 3 is 2.29 bits per heavy atom. The van der Waals surface area contributed by atoms with Gasteiger partial charge in [-0.25, -0.2) is 4.39 Å². The highest BCUT2D eigenvalue weighted by Gasteiger charge is 2.03. The normalized spacial score (nSPS) is 12.6. The third-order valence-electron chi connectivity index (χ3n) is 2.15. The molecule has 14 heavy (non-hydrogen) atoms. The van der Waals surface area contributed by atoms with Gasteiger partial charge in [-0.15, -0.1) is 0 Å². The first-order valence-corrected chi connectivity index (χ1v) is 4.71. The molecular formula is C11H17FN2. The highest BCUT2D eigenvalue weighted by molar-refractivity contribution is 5.46. The Labute approximate surface area is 84.5 Å². The second kappa shape index (κ2) is 4.96. The minimum Gasteiger partial charge on any atom is -0.378 e. The summed E-state index contributed by atoms with van der Waals surface area (Å²) in [6.45, 7) is -0.463. The number of nitrogens with zero attached hydrogens (tertiary/aromatic N) is 1. The average Bonchev–Trinajstić information content (AvgIpc) is 2.18. The van der Waals surface area contributed by atoms with Crippen LogP contribution in [0.25, 0.3) is 0 Å². The van der Waals surface area contributed by atoms with Crippen LogP contribution in [-0.4, -0.2) is 26.8 Å². The molecule has 0 amide bonds. The van der Waals surface area contributed by atoms with Crippen LogP contribution >= 0.6 is 0 Å². The number of alkyl halides is 1. The average molecular weight is 196 g/mol. The zero-order valence-electron chi connectivity index (χ0n) is 8.70. The SMILES string of the molecule is CN(C)c1ccc(C[C@H](N)CF)cc1. The molecule has 1 rings (SSSR count). The molecule has 0 radical (unpaired) electrons. The van der Waals surface area contributed by atoms with Crippen molar-refractivity contribution in [2.75, 3.05) is 25.7 Å². The first-order valence-electron chi connectivity index (χ1n) is 4.71. The number of nitrogens with two attached hydrogens (primary N) is 1. The lowest BCUT2D eigenvalue weighted by Crippen LogP contribution is -2.24. The molecule has 0 spiro atoms. The Morgan fingerprint density at radius 2 is 1.86 bits per heavy atom. The Kier molecular flexibility index (Phi) is 3.89. The number of benzene rings is 1. The van der Waals surface area contributed by atoms with E-state index in [4.69, 9.17) is 5.73 Å². The lowest BCUT2D eigenvalue weighted by atomic mass is 10.1. The van der Waals surface area contributed by atoms with Crippen molar-refractivity contribution >= 4 is 5.69 Å². The maximum absolute atomic E-state index is 12.1. The standard InChI is InChI=1S/C11H17FN2/c1-14(2)11-5-3-9(4-6-11)7-10(13)8-12/h3-6,10H,7-8,13H2,1-2H3/t10-/m0/s1. The van der Waals surface area contributed by atoms with Gasteiger partial charge in [-0.3, -0.25) is 0 Å². The maximum atomic E-state index is 12.1. The molecule has 0 aromatic heterocycles. The molecule has 0 fully saturated rings. The summed E-state index contributed by atoms with van der Waals surface area (Å²) >= 11 is 0. The molecule has 0 saturated heterocycles. The quantitative estimate of drug-likeness (QED) is 0.792. The van der Waals surface area contributed by atoms with Crippen molar-refractivity contribution in [2.24, 2.45) is 5.73 Å². The van der Waals surface area contributed by atoms with Crippen LogP contribution in [0.15, 0.2) is 24.3 Å². The largest absolute Gasteiger partial charge is 0.378 e. The van der Waals surface area contributed by atoms with Crippen molar-refractivity contribution in [1.29, 1.82) is 0 Å².